The number of likely N-dealkylation sites (N-methyl/N-ethyl adjacent to an activating group) is 1. The van der Waals surface area contributed by atoms with E-state index in [9.17, 15) is 18.0 Å². The summed E-state index contributed by atoms with van der Waals surface area (Å²) in [6.07, 6.45) is 0.345. The maximum atomic E-state index is 13.9. The molecule has 0 aliphatic heterocycles. The van der Waals surface area contributed by atoms with Gasteiger partial charge in [0.25, 0.3) is 10.0 Å². The van der Waals surface area contributed by atoms with Crippen LogP contribution < -0.4 is 14.4 Å². The van der Waals surface area contributed by atoms with E-state index < -0.39 is 28.5 Å². The molecule has 0 heterocycles. The Balaban J connectivity index is 2.05. The predicted octanol–water partition coefficient (Wildman–Crippen LogP) is 4.21. The van der Waals surface area contributed by atoms with Gasteiger partial charge in [0.15, 0.2) is 0 Å². The van der Waals surface area contributed by atoms with Crippen LogP contribution in [0.5, 0.6) is 5.75 Å². The van der Waals surface area contributed by atoms with Crippen LogP contribution in [0.25, 0.3) is 0 Å². The molecule has 0 radical (unpaired) electrons. The van der Waals surface area contributed by atoms with Gasteiger partial charge in [-0.05, 0) is 54.4 Å². The zero-order valence-corrected chi connectivity index (χ0v) is 23.3. The lowest BCUT2D eigenvalue weighted by atomic mass is 10.1. The Hall–Kier alpha value is -3.37. The van der Waals surface area contributed by atoms with Crippen molar-refractivity contribution in [3.05, 3.63) is 88.9 Å². The molecule has 196 valence electrons. The number of methoxy groups -OCH3 is 1. The Bertz CT molecular complexity index is 1330. The van der Waals surface area contributed by atoms with Crippen molar-refractivity contribution in [2.24, 2.45) is 0 Å². The Kier molecular flexibility index (Phi) is 9.71. The minimum Gasteiger partial charge on any atom is -0.497 e. The lowest BCUT2D eigenvalue weighted by molar-refractivity contribution is -0.140. The van der Waals surface area contributed by atoms with E-state index in [1.54, 1.807) is 74.7 Å². The smallest absolute Gasteiger partial charge is 0.264 e. The Morgan fingerprint density at radius 3 is 2.32 bits per heavy atom. The molecule has 10 heteroatoms. The van der Waals surface area contributed by atoms with E-state index in [4.69, 9.17) is 4.74 Å². The normalized spacial score (nSPS) is 11.9. The molecule has 1 N–H and O–H groups in total. The zero-order valence-electron chi connectivity index (χ0n) is 20.9. The number of nitrogens with one attached hydrogen (secondary N) is 1. The van der Waals surface area contributed by atoms with Gasteiger partial charge in [0.05, 0.1) is 17.7 Å². The first-order chi connectivity index (χ1) is 17.7. The molecule has 0 aliphatic rings. The van der Waals surface area contributed by atoms with Crippen LogP contribution in [0.3, 0.4) is 0 Å². The van der Waals surface area contributed by atoms with E-state index in [0.29, 0.717) is 22.3 Å². The second-order valence-corrected chi connectivity index (χ2v) is 11.0. The molecule has 0 spiro atoms. The number of carbonyl (C=O) groups excluding carboxylic acids is 2. The van der Waals surface area contributed by atoms with Gasteiger partial charge in [-0.15, -0.1) is 0 Å². The van der Waals surface area contributed by atoms with Crippen LogP contribution in [0.4, 0.5) is 5.69 Å². The average Bonchev–Trinajstić information content (AvgIpc) is 2.91. The van der Waals surface area contributed by atoms with Gasteiger partial charge in [0.2, 0.25) is 11.8 Å². The summed E-state index contributed by atoms with van der Waals surface area (Å²) in [4.78, 5) is 28.1. The van der Waals surface area contributed by atoms with Gasteiger partial charge in [-0.3, -0.25) is 13.9 Å². The predicted molar refractivity (Wildman–Crippen MR) is 147 cm³/mol. The minimum atomic E-state index is -4.10. The summed E-state index contributed by atoms with van der Waals surface area (Å²) >= 11 is 3.39. The Morgan fingerprint density at radius 1 is 1.00 bits per heavy atom. The summed E-state index contributed by atoms with van der Waals surface area (Å²) in [5.41, 5.74) is 1.07. The van der Waals surface area contributed by atoms with Crippen LogP contribution in [-0.4, -0.2) is 51.9 Å². The molecular formula is C27H30BrN3O5S. The van der Waals surface area contributed by atoms with Gasteiger partial charge in [0.1, 0.15) is 18.3 Å². The molecule has 0 saturated carbocycles. The van der Waals surface area contributed by atoms with Gasteiger partial charge < -0.3 is 15.0 Å². The summed E-state index contributed by atoms with van der Waals surface area (Å²) in [7, 11) is -1.04. The molecule has 1 atom stereocenters. The number of hydrogen-bond acceptors (Lipinski definition) is 5. The lowest BCUT2D eigenvalue weighted by Gasteiger charge is -2.33. The summed E-state index contributed by atoms with van der Waals surface area (Å²) in [5, 5.41) is 2.61. The molecule has 0 aromatic heterocycles. The van der Waals surface area contributed by atoms with Crippen LogP contribution in [0.2, 0.25) is 0 Å². The molecular weight excluding hydrogens is 558 g/mol. The number of nitrogens with zero attached hydrogens (tertiary/aromatic N) is 2. The second kappa shape index (κ2) is 12.7. The standard InChI is InChI=1S/C27H30BrN3O5S/c1-4-25(27(33)29-2)30(18-20-10-8-13-23(16-20)36-3)26(32)19-31(22-12-9-11-21(28)17-22)37(34,35)24-14-6-5-7-15-24/h5-17,25H,4,18-19H2,1-3H3,(H,29,33)/t25-/m1/s1. The number of amides is 2. The average molecular weight is 589 g/mol. The van der Waals surface area contributed by atoms with Gasteiger partial charge in [-0.1, -0.05) is 59.3 Å². The van der Waals surface area contributed by atoms with Gasteiger partial charge in [-0.2, -0.15) is 0 Å². The topological polar surface area (TPSA) is 96.0 Å². The molecule has 3 aromatic rings. The lowest BCUT2D eigenvalue weighted by Crippen LogP contribution is -2.51. The van der Waals surface area contributed by atoms with Crippen molar-refractivity contribution in [3.63, 3.8) is 0 Å². The third kappa shape index (κ3) is 6.90. The first-order valence-electron chi connectivity index (χ1n) is 11.7. The Labute approximate surface area is 226 Å². The number of anilines is 1. The van der Waals surface area contributed by atoms with E-state index in [2.05, 4.69) is 21.2 Å². The number of halogens is 1. The zero-order chi connectivity index (χ0) is 27.0. The minimum absolute atomic E-state index is 0.0560. The molecule has 2 amide bonds. The number of ether oxygens (including phenoxy) is 1. The summed E-state index contributed by atoms with van der Waals surface area (Å²) in [6.45, 7) is 1.41. The molecule has 8 nitrogen and oxygen atoms in total. The second-order valence-electron chi connectivity index (χ2n) is 8.22. The fourth-order valence-electron chi connectivity index (χ4n) is 3.93. The highest BCUT2D eigenvalue weighted by atomic mass is 79.9. The fraction of sp³-hybridized carbons (Fsp3) is 0.259. The monoisotopic (exact) mass is 587 g/mol. The fourth-order valence-corrected chi connectivity index (χ4v) is 5.75. The molecule has 0 fully saturated rings. The largest absolute Gasteiger partial charge is 0.497 e. The SMILES string of the molecule is CC[C@H](C(=O)NC)N(Cc1cccc(OC)c1)C(=O)CN(c1cccc(Br)c1)S(=O)(=O)c1ccccc1. The Morgan fingerprint density at radius 2 is 1.70 bits per heavy atom. The van der Waals surface area contributed by atoms with Crippen LogP contribution in [0, 0.1) is 0 Å². The van der Waals surface area contributed by atoms with Gasteiger partial charge >= 0.3 is 0 Å². The third-order valence-electron chi connectivity index (χ3n) is 5.83. The van der Waals surface area contributed by atoms with E-state index in [0.717, 1.165) is 9.87 Å². The van der Waals surface area contributed by atoms with Crippen LogP contribution in [0.15, 0.2) is 88.2 Å². The van der Waals surface area contributed by atoms with E-state index in [-0.39, 0.29) is 17.3 Å². The van der Waals surface area contributed by atoms with Crippen molar-refractivity contribution in [2.45, 2.75) is 30.8 Å². The van der Waals surface area contributed by atoms with Crippen LogP contribution in [0.1, 0.15) is 18.9 Å². The van der Waals surface area contributed by atoms with Crippen molar-refractivity contribution >= 4 is 43.5 Å². The molecule has 37 heavy (non-hydrogen) atoms. The number of rotatable bonds is 11. The highest BCUT2D eigenvalue weighted by Crippen LogP contribution is 2.27. The molecule has 0 unspecified atom stereocenters. The number of benzene rings is 3. The first kappa shape index (κ1) is 28.2. The van der Waals surface area contributed by atoms with Gasteiger partial charge in [0, 0.05) is 18.1 Å². The van der Waals surface area contributed by atoms with E-state index in [1.807, 2.05) is 6.07 Å². The third-order valence-corrected chi connectivity index (χ3v) is 8.11. The molecule has 3 aromatic carbocycles. The molecule has 3 rings (SSSR count). The highest BCUT2D eigenvalue weighted by molar-refractivity contribution is 9.10. The maximum Gasteiger partial charge on any atom is 0.264 e. The highest BCUT2D eigenvalue weighted by Gasteiger charge is 2.33. The maximum absolute atomic E-state index is 13.9. The number of sulfonamides is 1. The number of carbonyl (C=O) groups is 2. The van der Waals surface area contributed by atoms with Gasteiger partial charge in [-0.25, -0.2) is 8.42 Å². The molecule has 0 saturated heterocycles. The van der Waals surface area contributed by atoms with Crippen LogP contribution >= 0.6 is 15.9 Å². The summed E-state index contributed by atoms with van der Waals surface area (Å²) in [5.74, 6) is -0.239. The van der Waals surface area contributed by atoms with Crippen molar-refractivity contribution in [2.75, 3.05) is 25.0 Å². The van der Waals surface area contributed by atoms with E-state index >= 15 is 0 Å². The first-order valence-corrected chi connectivity index (χ1v) is 13.9. The van der Waals surface area contributed by atoms with Crippen molar-refractivity contribution in [1.82, 2.24) is 10.2 Å². The van der Waals surface area contributed by atoms with Crippen molar-refractivity contribution < 1.29 is 22.7 Å². The van der Waals surface area contributed by atoms with Crippen molar-refractivity contribution in [3.8, 4) is 5.75 Å². The van der Waals surface area contributed by atoms with Crippen molar-refractivity contribution in [1.29, 1.82) is 0 Å². The summed E-state index contributed by atoms with van der Waals surface area (Å²) < 4.78 is 34.5. The van der Waals surface area contributed by atoms with Crippen LogP contribution in [-0.2, 0) is 26.2 Å². The number of hydrogen-bond donors (Lipinski definition) is 1. The molecule has 0 aliphatic carbocycles. The van der Waals surface area contributed by atoms with E-state index in [1.165, 1.54) is 24.1 Å². The summed E-state index contributed by atoms with van der Waals surface area (Å²) in [6, 6.07) is 21.1. The molecule has 0 bridgehead atoms. The quantitative estimate of drug-likeness (QED) is 0.362.